The van der Waals surface area contributed by atoms with Crippen LogP contribution in [-0.4, -0.2) is 42.1 Å². The van der Waals surface area contributed by atoms with E-state index >= 15 is 0 Å². The highest BCUT2D eigenvalue weighted by molar-refractivity contribution is 6.30. The fourth-order valence-electron chi connectivity index (χ4n) is 3.80. The number of fused-ring (bicyclic) bond motifs is 1. The zero-order valence-electron chi connectivity index (χ0n) is 15.6. The summed E-state index contributed by atoms with van der Waals surface area (Å²) in [4.78, 5) is 26.9. The molecule has 0 radical (unpaired) electrons. The van der Waals surface area contributed by atoms with Gasteiger partial charge < -0.3 is 20.3 Å². The summed E-state index contributed by atoms with van der Waals surface area (Å²) in [5, 5.41) is 7.24. The fraction of sp³-hybridized carbons (Fsp3) is 0.333. The molecule has 6 nitrogen and oxygen atoms in total. The van der Waals surface area contributed by atoms with Gasteiger partial charge in [0.1, 0.15) is 11.4 Å². The molecule has 2 aliphatic heterocycles. The number of ether oxygens (including phenoxy) is 1. The van der Waals surface area contributed by atoms with Crippen LogP contribution in [0.15, 0.2) is 42.5 Å². The van der Waals surface area contributed by atoms with Crippen LogP contribution in [0.25, 0.3) is 0 Å². The molecule has 7 heteroatoms. The Bertz CT molecular complexity index is 906. The molecule has 1 spiro atoms. The van der Waals surface area contributed by atoms with Crippen molar-refractivity contribution in [3.8, 4) is 5.75 Å². The lowest BCUT2D eigenvalue weighted by atomic mass is 9.91. The molecule has 1 saturated heterocycles. The summed E-state index contributed by atoms with van der Waals surface area (Å²) < 4.78 is 5.55. The van der Waals surface area contributed by atoms with Crippen LogP contribution in [0, 0.1) is 6.92 Å². The predicted molar refractivity (Wildman–Crippen MR) is 108 cm³/mol. The maximum Gasteiger partial charge on any atom is 0.260 e. The van der Waals surface area contributed by atoms with Crippen LogP contribution < -0.4 is 15.4 Å². The SMILES string of the molecule is Cc1cccc2c1C(=O)NC1(CCN(C(=O)COc3ccc(Cl)cc3)CC1)N2. The van der Waals surface area contributed by atoms with Gasteiger partial charge in [-0.2, -0.15) is 0 Å². The summed E-state index contributed by atoms with van der Waals surface area (Å²) in [5.41, 5.74) is 1.99. The van der Waals surface area contributed by atoms with Gasteiger partial charge in [-0.25, -0.2) is 0 Å². The lowest BCUT2D eigenvalue weighted by Gasteiger charge is -2.46. The number of carbonyl (C=O) groups excluding carboxylic acids is 2. The standard InChI is InChI=1S/C21H22ClN3O3/c1-14-3-2-4-17-19(14)20(27)24-21(23-17)9-11-25(12-10-21)18(26)13-28-16-7-5-15(22)6-8-16/h2-8,23H,9-13H2,1H3,(H,24,27). The van der Waals surface area contributed by atoms with Gasteiger partial charge in [0.2, 0.25) is 0 Å². The highest BCUT2D eigenvalue weighted by Gasteiger charge is 2.41. The topological polar surface area (TPSA) is 70.7 Å². The lowest BCUT2D eigenvalue weighted by molar-refractivity contribution is -0.134. The van der Waals surface area contributed by atoms with E-state index < -0.39 is 5.66 Å². The van der Waals surface area contributed by atoms with Gasteiger partial charge in [-0.15, -0.1) is 0 Å². The first kappa shape index (κ1) is 18.6. The number of nitrogens with one attached hydrogen (secondary N) is 2. The molecule has 2 N–H and O–H groups in total. The number of hydrogen-bond acceptors (Lipinski definition) is 4. The van der Waals surface area contributed by atoms with Gasteiger partial charge in [0, 0.05) is 36.6 Å². The Morgan fingerprint density at radius 3 is 2.57 bits per heavy atom. The van der Waals surface area contributed by atoms with E-state index in [1.54, 1.807) is 29.2 Å². The number of nitrogens with zero attached hydrogens (tertiary/aromatic N) is 1. The van der Waals surface area contributed by atoms with Crippen LogP contribution in [-0.2, 0) is 4.79 Å². The Labute approximate surface area is 168 Å². The van der Waals surface area contributed by atoms with Crippen molar-refractivity contribution in [2.75, 3.05) is 25.0 Å². The Morgan fingerprint density at radius 1 is 1.14 bits per heavy atom. The van der Waals surface area contributed by atoms with Crippen molar-refractivity contribution >= 4 is 29.1 Å². The Morgan fingerprint density at radius 2 is 1.86 bits per heavy atom. The van der Waals surface area contributed by atoms with E-state index in [4.69, 9.17) is 16.3 Å². The van der Waals surface area contributed by atoms with Gasteiger partial charge >= 0.3 is 0 Å². The van der Waals surface area contributed by atoms with E-state index in [1.165, 1.54) is 0 Å². The molecular formula is C21H22ClN3O3. The van der Waals surface area contributed by atoms with Gasteiger partial charge in [-0.1, -0.05) is 23.7 Å². The highest BCUT2D eigenvalue weighted by Crippen LogP contribution is 2.32. The number of hydrogen-bond donors (Lipinski definition) is 2. The summed E-state index contributed by atoms with van der Waals surface area (Å²) in [6.07, 6.45) is 1.28. The van der Waals surface area contributed by atoms with E-state index in [0.717, 1.165) is 11.3 Å². The molecule has 0 bridgehead atoms. The summed E-state index contributed by atoms with van der Waals surface area (Å²) >= 11 is 5.85. The predicted octanol–water partition coefficient (Wildman–Crippen LogP) is 3.20. The van der Waals surface area contributed by atoms with Crippen molar-refractivity contribution in [3.63, 3.8) is 0 Å². The quantitative estimate of drug-likeness (QED) is 0.831. The van der Waals surface area contributed by atoms with Crippen molar-refractivity contribution in [1.82, 2.24) is 10.2 Å². The molecule has 0 aliphatic carbocycles. The van der Waals surface area contributed by atoms with Gasteiger partial charge in [-0.3, -0.25) is 9.59 Å². The molecular weight excluding hydrogens is 378 g/mol. The fourth-order valence-corrected chi connectivity index (χ4v) is 3.92. The van der Waals surface area contributed by atoms with Crippen LogP contribution in [0.2, 0.25) is 5.02 Å². The van der Waals surface area contributed by atoms with E-state index in [0.29, 0.717) is 42.3 Å². The highest BCUT2D eigenvalue weighted by atomic mass is 35.5. The molecule has 4 rings (SSSR count). The molecule has 0 aromatic heterocycles. The molecule has 2 heterocycles. The first-order valence-electron chi connectivity index (χ1n) is 9.32. The normalized spacial score (nSPS) is 17.5. The van der Waals surface area contributed by atoms with Gasteiger partial charge in [-0.05, 0) is 42.8 Å². The number of rotatable bonds is 3. The van der Waals surface area contributed by atoms with Gasteiger partial charge in [0.25, 0.3) is 11.8 Å². The second-order valence-corrected chi connectivity index (χ2v) is 7.72. The zero-order valence-corrected chi connectivity index (χ0v) is 16.4. The molecule has 2 aliphatic rings. The molecule has 0 unspecified atom stereocenters. The number of anilines is 1. The van der Waals surface area contributed by atoms with E-state index in [2.05, 4.69) is 10.6 Å². The maximum atomic E-state index is 12.6. The van der Waals surface area contributed by atoms with Crippen LogP contribution >= 0.6 is 11.6 Å². The van der Waals surface area contributed by atoms with E-state index in [1.807, 2.05) is 25.1 Å². The number of halogens is 1. The van der Waals surface area contributed by atoms with Gasteiger partial charge in [0.05, 0.1) is 5.56 Å². The van der Waals surface area contributed by atoms with Gasteiger partial charge in [0.15, 0.2) is 6.61 Å². The van der Waals surface area contributed by atoms with Crippen molar-refractivity contribution in [2.45, 2.75) is 25.4 Å². The third-order valence-electron chi connectivity index (χ3n) is 5.37. The average molecular weight is 400 g/mol. The zero-order chi connectivity index (χ0) is 19.7. The Kier molecular flexibility index (Phi) is 4.89. The van der Waals surface area contributed by atoms with Crippen LogP contribution in [0.5, 0.6) is 5.75 Å². The minimum Gasteiger partial charge on any atom is -0.484 e. The van der Waals surface area contributed by atoms with Crippen molar-refractivity contribution in [1.29, 1.82) is 0 Å². The van der Waals surface area contributed by atoms with Crippen molar-refractivity contribution < 1.29 is 14.3 Å². The number of piperidine rings is 1. The van der Waals surface area contributed by atoms with Crippen LogP contribution in [0.3, 0.4) is 0 Å². The van der Waals surface area contributed by atoms with Crippen LogP contribution in [0.1, 0.15) is 28.8 Å². The minimum atomic E-state index is -0.508. The number of carbonyl (C=O) groups is 2. The Hall–Kier alpha value is -2.73. The molecule has 146 valence electrons. The number of amides is 2. The minimum absolute atomic E-state index is 0.0174. The number of aryl methyl sites for hydroxylation is 1. The molecule has 0 atom stereocenters. The van der Waals surface area contributed by atoms with E-state index in [9.17, 15) is 9.59 Å². The lowest BCUT2D eigenvalue weighted by Crippen LogP contribution is -2.63. The summed E-state index contributed by atoms with van der Waals surface area (Å²) in [5.74, 6) is 0.486. The molecule has 0 saturated carbocycles. The van der Waals surface area contributed by atoms with Crippen molar-refractivity contribution in [2.24, 2.45) is 0 Å². The molecule has 2 aromatic carbocycles. The average Bonchev–Trinajstić information content (AvgIpc) is 2.67. The molecule has 28 heavy (non-hydrogen) atoms. The first-order valence-corrected chi connectivity index (χ1v) is 9.70. The molecule has 1 fully saturated rings. The third-order valence-corrected chi connectivity index (χ3v) is 5.62. The monoisotopic (exact) mass is 399 g/mol. The second-order valence-electron chi connectivity index (χ2n) is 7.28. The van der Waals surface area contributed by atoms with Crippen LogP contribution in [0.4, 0.5) is 5.69 Å². The number of benzene rings is 2. The summed E-state index contributed by atoms with van der Waals surface area (Å²) in [7, 11) is 0. The maximum absolute atomic E-state index is 12.6. The third kappa shape index (κ3) is 3.64. The summed E-state index contributed by atoms with van der Waals surface area (Å²) in [6.45, 7) is 3.02. The van der Waals surface area contributed by atoms with E-state index in [-0.39, 0.29) is 18.4 Å². The van der Waals surface area contributed by atoms with Crippen molar-refractivity contribution in [3.05, 3.63) is 58.6 Å². The first-order chi connectivity index (χ1) is 13.5. The summed E-state index contributed by atoms with van der Waals surface area (Å²) in [6, 6.07) is 12.7. The largest absolute Gasteiger partial charge is 0.484 e. The second kappa shape index (κ2) is 7.36. The number of likely N-dealkylation sites (tertiary alicyclic amines) is 1. The molecule has 2 aromatic rings. The smallest absolute Gasteiger partial charge is 0.260 e. The molecule has 2 amide bonds. The Balaban J connectivity index is 1.36.